The van der Waals surface area contributed by atoms with Crippen molar-refractivity contribution in [2.24, 2.45) is 11.1 Å². The van der Waals surface area contributed by atoms with Gasteiger partial charge in [0.2, 0.25) is 0 Å². The van der Waals surface area contributed by atoms with Gasteiger partial charge in [-0.2, -0.15) is 0 Å². The zero-order valence-electron chi connectivity index (χ0n) is 10.6. The first kappa shape index (κ1) is 12.3. The quantitative estimate of drug-likeness (QED) is 0.786. The van der Waals surface area contributed by atoms with Crippen LogP contribution >= 0.6 is 0 Å². The van der Waals surface area contributed by atoms with Gasteiger partial charge in [-0.25, -0.2) is 0 Å². The number of nitrogens with two attached hydrogens (primary N) is 1. The molecule has 1 rings (SSSR count). The van der Waals surface area contributed by atoms with Gasteiger partial charge in [0.25, 0.3) is 0 Å². The fourth-order valence-electron chi connectivity index (χ4n) is 1.66. The van der Waals surface area contributed by atoms with Crippen LogP contribution in [0.2, 0.25) is 0 Å². The van der Waals surface area contributed by atoms with Crippen molar-refractivity contribution in [3.05, 3.63) is 35.4 Å². The first-order chi connectivity index (χ1) is 6.68. The lowest BCUT2D eigenvalue weighted by Crippen LogP contribution is -2.28. The summed E-state index contributed by atoms with van der Waals surface area (Å²) in [5.41, 5.74) is 8.72. The van der Waals surface area contributed by atoms with Crippen LogP contribution in [0.1, 0.15) is 45.7 Å². The van der Waals surface area contributed by atoms with E-state index in [9.17, 15) is 0 Å². The lowest BCUT2D eigenvalue weighted by molar-refractivity contribution is 0.411. The maximum absolute atomic E-state index is 6.03. The van der Waals surface area contributed by atoms with E-state index in [1.165, 1.54) is 11.1 Å². The number of hydrogen-bond acceptors (Lipinski definition) is 1. The van der Waals surface area contributed by atoms with Crippen molar-refractivity contribution in [3.63, 3.8) is 0 Å². The van der Waals surface area contributed by atoms with E-state index in [0.717, 1.165) is 6.42 Å². The summed E-state index contributed by atoms with van der Waals surface area (Å²) >= 11 is 0. The molecule has 0 aliphatic carbocycles. The average Bonchev–Trinajstić information content (AvgIpc) is 2.00. The summed E-state index contributed by atoms with van der Waals surface area (Å²) in [6, 6.07) is 8.66. The minimum atomic E-state index is -0.236. The summed E-state index contributed by atoms with van der Waals surface area (Å²) in [5.74, 6) is 0. The molecule has 0 radical (unpaired) electrons. The van der Waals surface area contributed by atoms with Crippen molar-refractivity contribution in [1.29, 1.82) is 0 Å². The van der Waals surface area contributed by atoms with Crippen molar-refractivity contribution in [1.82, 2.24) is 0 Å². The Bertz CT molecular complexity index is 309. The number of hydrogen-bond donors (Lipinski definition) is 1. The molecule has 0 amide bonds. The highest BCUT2D eigenvalue weighted by Gasteiger charge is 2.15. The van der Waals surface area contributed by atoms with Crippen molar-refractivity contribution in [3.8, 4) is 0 Å². The van der Waals surface area contributed by atoms with Gasteiger partial charge in [0.15, 0.2) is 0 Å². The molecule has 1 aromatic rings. The average molecular weight is 205 g/mol. The first-order valence-corrected chi connectivity index (χ1v) is 5.57. The monoisotopic (exact) mass is 205 g/mol. The van der Waals surface area contributed by atoms with Crippen LogP contribution in [0.4, 0.5) is 0 Å². The van der Waals surface area contributed by atoms with Gasteiger partial charge in [0.1, 0.15) is 0 Å². The minimum Gasteiger partial charge on any atom is -0.322 e. The van der Waals surface area contributed by atoms with E-state index in [2.05, 4.69) is 45.0 Å². The molecule has 0 bridgehead atoms. The molecule has 0 saturated carbocycles. The van der Waals surface area contributed by atoms with Crippen molar-refractivity contribution < 1.29 is 0 Å². The standard InChI is InChI=1S/C14H23N/c1-13(2,3)10-11-6-8-12(9-7-11)14(4,5)15/h6-9H,10,15H2,1-5H3. The van der Waals surface area contributed by atoms with Crippen LogP contribution in [-0.4, -0.2) is 0 Å². The van der Waals surface area contributed by atoms with Gasteiger partial charge >= 0.3 is 0 Å². The topological polar surface area (TPSA) is 26.0 Å². The van der Waals surface area contributed by atoms with Crippen molar-refractivity contribution in [2.75, 3.05) is 0 Å². The van der Waals surface area contributed by atoms with Gasteiger partial charge in [-0.15, -0.1) is 0 Å². The Morgan fingerprint density at radius 3 is 1.73 bits per heavy atom. The first-order valence-electron chi connectivity index (χ1n) is 5.57. The van der Waals surface area contributed by atoms with Crippen LogP contribution in [0.3, 0.4) is 0 Å². The lowest BCUT2D eigenvalue weighted by Gasteiger charge is -2.21. The van der Waals surface area contributed by atoms with Gasteiger partial charge < -0.3 is 5.73 Å². The highest BCUT2D eigenvalue weighted by Crippen LogP contribution is 2.22. The molecule has 0 saturated heterocycles. The normalized spacial score (nSPS) is 12.9. The molecule has 0 heterocycles. The second-order valence-electron chi connectivity index (χ2n) is 6.16. The fraction of sp³-hybridized carbons (Fsp3) is 0.571. The molecule has 0 aromatic heterocycles. The maximum atomic E-state index is 6.03. The van der Waals surface area contributed by atoms with Gasteiger partial charge in [-0.3, -0.25) is 0 Å². The number of benzene rings is 1. The third-order valence-electron chi connectivity index (χ3n) is 2.43. The zero-order valence-corrected chi connectivity index (χ0v) is 10.6. The summed E-state index contributed by atoms with van der Waals surface area (Å²) in [7, 11) is 0. The second kappa shape index (κ2) is 3.97. The highest BCUT2D eigenvalue weighted by atomic mass is 14.7. The van der Waals surface area contributed by atoms with E-state index in [4.69, 9.17) is 5.73 Å². The summed E-state index contributed by atoms with van der Waals surface area (Å²) in [6.45, 7) is 10.8. The van der Waals surface area contributed by atoms with Gasteiger partial charge in [0.05, 0.1) is 0 Å². The van der Waals surface area contributed by atoms with E-state index >= 15 is 0 Å². The summed E-state index contributed by atoms with van der Waals surface area (Å²) in [4.78, 5) is 0. The predicted molar refractivity (Wildman–Crippen MR) is 66.8 cm³/mol. The largest absolute Gasteiger partial charge is 0.322 e. The molecular weight excluding hydrogens is 182 g/mol. The Morgan fingerprint density at radius 1 is 0.933 bits per heavy atom. The number of rotatable bonds is 2. The molecule has 2 N–H and O–H groups in total. The van der Waals surface area contributed by atoms with Gasteiger partial charge in [-0.05, 0) is 36.8 Å². The van der Waals surface area contributed by atoms with Crippen molar-refractivity contribution >= 4 is 0 Å². The molecule has 84 valence electrons. The fourth-order valence-corrected chi connectivity index (χ4v) is 1.66. The molecule has 1 heteroatoms. The molecule has 1 aromatic carbocycles. The van der Waals surface area contributed by atoms with E-state index < -0.39 is 0 Å². The Balaban J connectivity index is 2.82. The lowest BCUT2D eigenvalue weighted by atomic mass is 9.87. The Kier molecular flexibility index (Phi) is 3.25. The molecular formula is C14H23N. The summed E-state index contributed by atoms with van der Waals surface area (Å²) < 4.78 is 0. The molecule has 0 atom stereocenters. The Hall–Kier alpha value is -0.820. The van der Waals surface area contributed by atoms with Crippen LogP contribution in [-0.2, 0) is 12.0 Å². The van der Waals surface area contributed by atoms with Crippen molar-refractivity contribution in [2.45, 2.75) is 46.6 Å². The molecule has 0 aliphatic rings. The van der Waals surface area contributed by atoms with Crippen LogP contribution in [0, 0.1) is 5.41 Å². The molecule has 0 fully saturated rings. The summed E-state index contributed by atoms with van der Waals surface area (Å²) in [5, 5.41) is 0. The molecule has 0 spiro atoms. The maximum Gasteiger partial charge on any atom is 0.0352 e. The van der Waals surface area contributed by atoms with E-state index in [0.29, 0.717) is 5.41 Å². The van der Waals surface area contributed by atoms with Gasteiger partial charge in [0, 0.05) is 5.54 Å². The van der Waals surface area contributed by atoms with Crippen LogP contribution in [0.5, 0.6) is 0 Å². The van der Waals surface area contributed by atoms with Crippen LogP contribution in [0.25, 0.3) is 0 Å². The summed E-state index contributed by atoms with van der Waals surface area (Å²) in [6.07, 6.45) is 1.11. The SMILES string of the molecule is CC(C)(C)Cc1ccc(C(C)(C)N)cc1. The molecule has 0 unspecified atom stereocenters. The second-order valence-corrected chi connectivity index (χ2v) is 6.16. The van der Waals surface area contributed by atoms with E-state index in [1.807, 2.05) is 13.8 Å². The molecule has 0 aliphatic heterocycles. The highest BCUT2D eigenvalue weighted by molar-refractivity contribution is 5.27. The molecule has 1 nitrogen and oxygen atoms in total. The van der Waals surface area contributed by atoms with E-state index in [-0.39, 0.29) is 5.54 Å². The molecule has 15 heavy (non-hydrogen) atoms. The third kappa shape index (κ3) is 4.05. The third-order valence-corrected chi connectivity index (χ3v) is 2.43. The van der Waals surface area contributed by atoms with Gasteiger partial charge in [-0.1, -0.05) is 45.0 Å². The smallest absolute Gasteiger partial charge is 0.0352 e. The van der Waals surface area contributed by atoms with Crippen LogP contribution < -0.4 is 5.73 Å². The zero-order chi connectivity index (χ0) is 11.7. The Morgan fingerprint density at radius 2 is 1.40 bits per heavy atom. The Labute approximate surface area is 93.7 Å². The van der Waals surface area contributed by atoms with E-state index in [1.54, 1.807) is 0 Å². The predicted octanol–water partition coefficient (Wildman–Crippen LogP) is 3.47. The minimum absolute atomic E-state index is 0.236. The van der Waals surface area contributed by atoms with Crippen LogP contribution in [0.15, 0.2) is 24.3 Å².